The SMILES string of the molecule is C=CCNC(=O)NC(=O)CN(C)Cc1c(F)cccc1Cl. The summed E-state index contributed by atoms with van der Waals surface area (Å²) >= 11 is 5.91. The minimum atomic E-state index is -0.600. The summed E-state index contributed by atoms with van der Waals surface area (Å²) in [6, 6.07) is 3.80. The van der Waals surface area contributed by atoms with E-state index in [1.54, 1.807) is 18.0 Å². The van der Waals surface area contributed by atoms with Crippen molar-refractivity contribution in [1.82, 2.24) is 15.5 Å². The summed E-state index contributed by atoms with van der Waals surface area (Å²) in [6.45, 7) is 3.80. The van der Waals surface area contributed by atoms with Crippen LogP contribution in [0.25, 0.3) is 0 Å². The Morgan fingerprint density at radius 1 is 1.48 bits per heavy atom. The number of likely N-dealkylation sites (N-methyl/N-ethyl adjacent to an activating group) is 1. The molecule has 1 rings (SSSR count). The van der Waals surface area contributed by atoms with Crippen LogP contribution in [-0.4, -0.2) is 37.0 Å². The van der Waals surface area contributed by atoms with Crippen LogP contribution in [0.1, 0.15) is 5.56 Å². The highest BCUT2D eigenvalue weighted by Gasteiger charge is 2.13. The number of rotatable bonds is 6. The third kappa shape index (κ3) is 5.93. The van der Waals surface area contributed by atoms with Crippen LogP contribution in [0.4, 0.5) is 9.18 Å². The largest absolute Gasteiger partial charge is 0.334 e. The first-order valence-electron chi connectivity index (χ1n) is 6.24. The normalized spacial score (nSPS) is 10.3. The van der Waals surface area contributed by atoms with Crippen molar-refractivity contribution in [3.8, 4) is 0 Å². The number of carbonyl (C=O) groups excluding carboxylic acids is 2. The number of hydrogen-bond acceptors (Lipinski definition) is 3. The van der Waals surface area contributed by atoms with E-state index in [0.29, 0.717) is 10.6 Å². The van der Waals surface area contributed by atoms with Gasteiger partial charge in [0.15, 0.2) is 0 Å². The lowest BCUT2D eigenvalue weighted by Gasteiger charge is -2.17. The van der Waals surface area contributed by atoms with Crippen LogP contribution < -0.4 is 10.6 Å². The smallest absolute Gasteiger partial charge is 0.321 e. The minimum absolute atomic E-state index is 0.0633. The van der Waals surface area contributed by atoms with E-state index in [0.717, 1.165) is 0 Å². The minimum Gasteiger partial charge on any atom is -0.334 e. The quantitative estimate of drug-likeness (QED) is 0.789. The molecule has 0 radical (unpaired) electrons. The van der Waals surface area contributed by atoms with Gasteiger partial charge in [-0.1, -0.05) is 23.7 Å². The molecular formula is C14H17ClFN3O2. The van der Waals surface area contributed by atoms with Crippen LogP contribution in [0.15, 0.2) is 30.9 Å². The lowest BCUT2D eigenvalue weighted by molar-refractivity contribution is -0.120. The van der Waals surface area contributed by atoms with Crippen molar-refractivity contribution in [3.63, 3.8) is 0 Å². The molecular weight excluding hydrogens is 297 g/mol. The van der Waals surface area contributed by atoms with Gasteiger partial charge in [0.1, 0.15) is 5.82 Å². The van der Waals surface area contributed by atoms with Gasteiger partial charge >= 0.3 is 6.03 Å². The molecule has 0 fully saturated rings. The van der Waals surface area contributed by atoms with Gasteiger partial charge in [0, 0.05) is 23.7 Å². The van der Waals surface area contributed by atoms with Crippen LogP contribution in [0.5, 0.6) is 0 Å². The van der Waals surface area contributed by atoms with Crippen molar-refractivity contribution in [3.05, 3.63) is 47.3 Å². The molecule has 0 aliphatic rings. The maximum atomic E-state index is 13.6. The summed E-state index contributed by atoms with van der Waals surface area (Å²) < 4.78 is 13.6. The number of halogens is 2. The highest BCUT2D eigenvalue weighted by Crippen LogP contribution is 2.20. The summed E-state index contributed by atoms with van der Waals surface area (Å²) in [5, 5.41) is 4.87. The zero-order valence-corrected chi connectivity index (χ0v) is 12.4. The van der Waals surface area contributed by atoms with E-state index in [1.807, 2.05) is 0 Å². The predicted octanol–water partition coefficient (Wildman–Crippen LogP) is 1.92. The monoisotopic (exact) mass is 313 g/mol. The van der Waals surface area contributed by atoms with Gasteiger partial charge in [-0.3, -0.25) is 15.0 Å². The van der Waals surface area contributed by atoms with Gasteiger partial charge in [0.05, 0.1) is 6.54 Å². The molecule has 1 aromatic rings. The van der Waals surface area contributed by atoms with Gasteiger partial charge in [0.25, 0.3) is 0 Å². The van der Waals surface area contributed by atoms with Crippen molar-refractivity contribution in [2.24, 2.45) is 0 Å². The number of nitrogens with zero attached hydrogens (tertiary/aromatic N) is 1. The molecule has 0 saturated carbocycles. The van der Waals surface area contributed by atoms with Crippen molar-refractivity contribution in [2.45, 2.75) is 6.54 Å². The van der Waals surface area contributed by atoms with E-state index in [-0.39, 0.29) is 19.6 Å². The Balaban J connectivity index is 2.50. The van der Waals surface area contributed by atoms with Gasteiger partial charge < -0.3 is 5.32 Å². The van der Waals surface area contributed by atoms with E-state index in [1.165, 1.54) is 18.2 Å². The van der Waals surface area contributed by atoms with Crippen molar-refractivity contribution in [2.75, 3.05) is 20.1 Å². The highest BCUT2D eigenvalue weighted by molar-refractivity contribution is 6.31. The van der Waals surface area contributed by atoms with Gasteiger partial charge in [-0.05, 0) is 19.2 Å². The summed E-state index contributed by atoms with van der Waals surface area (Å²) in [7, 11) is 1.63. The van der Waals surface area contributed by atoms with Crippen molar-refractivity contribution >= 4 is 23.5 Å². The number of amides is 3. The predicted molar refractivity (Wildman–Crippen MR) is 79.5 cm³/mol. The first-order chi connectivity index (χ1) is 9.93. The van der Waals surface area contributed by atoms with Crippen LogP contribution in [0.3, 0.4) is 0 Å². The molecule has 7 heteroatoms. The van der Waals surface area contributed by atoms with E-state index < -0.39 is 17.8 Å². The van der Waals surface area contributed by atoms with E-state index in [4.69, 9.17) is 11.6 Å². The highest BCUT2D eigenvalue weighted by atomic mass is 35.5. The van der Waals surface area contributed by atoms with Crippen LogP contribution in [-0.2, 0) is 11.3 Å². The Morgan fingerprint density at radius 3 is 2.81 bits per heavy atom. The van der Waals surface area contributed by atoms with Gasteiger partial charge in [-0.15, -0.1) is 6.58 Å². The molecule has 114 valence electrons. The average Bonchev–Trinajstić information content (AvgIpc) is 2.40. The fraction of sp³-hybridized carbons (Fsp3) is 0.286. The molecule has 0 aliphatic carbocycles. The molecule has 0 bridgehead atoms. The fourth-order valence-electron chi connectivity index (χ4n) is 1.63. The van der Waals surface area contributed by atoms with E-state index in [2.05, 4.69) is 17.2 Å². The second-order valence-corrected chi connectivity index (χ2v) is 4.83. The molecule has 5 nitrogen and oxygen atoms in total. The lowest BCUT2D eigenvalue weighted by atomic mass is 10.2. The Kier molecular flexibility index (Phi) is 6.84. The maximum absolute atomic E-state index is 13.6. The lowest BCUT2D eigenvalue weighted by Crippen LogP contribution is -2.43. The molecule has 2 N–H and O–H groups in total. The number of nitrogens with one attached hydrogen (secondary N) is 2. The molecule has 0 unspecified atom stereocenters. The fourth-order valence-corrected chi connectivity index (χ4v) is 1.85. The van der Waals surface area contributed by atoms with Gasteiger partial charge in [-0.25, -0.2) is 9.18 Å². The standard InChI is InChI=1S/C14H17ClFN3O2/c1-3-7-17-14(21)18-13(20)9-19(2)8-10-11(15)5-4-6-12(10)16/h3-6H,1,7-9H2,2H3,(H2,17,18,20,21). The third-order valence-corrected chi connectivity index (χ3v) is 2.92. The Labute approximate surface area is 127 Å². The Bertz CT molecular complexity index is 517. The first-order valence-corrected chi connectivity index (χ1v) is 6.62. The second kappa shape index (κ2) is 8.39. The Hall–Kier alpha value is -1.92. The second-order valence-electron chi connectivity index (χ2n) is 4.42. The van der Waals surface area contributed by atoms with E-state index >= 15 is 0 Å². The van der Waals surface area contributed by atoms with Gasteiger partial charge in [-0.2, -0.15) is 0 Å². The molecule has 0 aromatic heterocycles. The molecule has 0 spiro atoms. The molecule has 0 heterocycles. The number of hydrogen-bond donors (Lipinski definition) is 2. The third-order valence-electron chi connectivity index (χ3n) is 2.56. The number of benzene rings is 1. The number of imide groups is 1. The van der Waals surface area contributed by atoms with Crippen LogP contribution >= 0.6 is 11.6 Å². The Morgan fingerprint density at radius 2 is 2.19 bits per heavy atom. The van der Waals surface area contributed by atoms with Crippen molar-refractivity contribution < 1.29 is 14.0 Å². The van der Waals surface area contributed by atoms with Crippen LogP contribution in [0.2, 0.25) is 5.02 Å². The number of urea groups is 1. The molecule has 0 aliphatic heterocycles. The molecule has 0 atom stereocenters. The summed E-state index contributed by atoms with van der Waals surface area (Å²) in [5.74, 6) is -0.926. The first kappa shape index (κ1) is 17.1. The average molecular weight is 314 g/mol. The summed E-state index contributed by atoms with van der Waals surface area (Å²) in [5.41, 5.74) is 0.311. The van der Waals surface area contributed by atoms with Crippen LogP contribution in [0, 0.1) is 5.82 Å². The summed E-state index contributed by atoms with van der Waals surface area (Å²) in [4.78, 5) is 24.4. The molecule has 3 amide bonds. The topological polar surface area (TPSA) is 61.4 Å². The molecule has 21 heavy (non-hydrogen) atoms. The van der Waals surface area contributed by atoms with E-state index in [9.17, 15) is 14.0 Å². The summed E-state index contributed by atoms with van der Waals surface area (Å²) in [6.07, 6.45) is 1.50. The van der Waals surface area contributed by atoms with Crippen molar-refractivity contribution in [1.29, 1.82) is 0 Å². The number of carbonyl (C=O) groups is 2. The molecule has 0 saturated heterocycles. The molecule has 1 aromatic carbocycles. The van der Waals surface area contributed by atoms with Gasteiger partial charge in [0.2, 0.25) is 5.91 Å². The zero-order valence-electron chi connectivity index (χ0n) is 11.7. The maximum Gasteiger partial charge on any atom is 0.321 e. The zero-order chi connectivity index (χ0) is 15.8.